The Labute approximate surface area is 122 Å². The molecule has 0 bridgehead atoms. The van der Waals surface area contributed by atoms with E-state index in [-0.39, 0.29) is 18.5 Å². The molecule has 1 fully saturated rings. The van der Waals surface area contributed by atoms with Crippen molar-refractivity contribution in [3.05, 3.63) is 47.4 Å². The van der Waals surface area contributed by atoms with Crippen LogP contribution < -0.4 is 5.32 Å². The first-order valence-corrected chi connectivity index (χ1v) is 7.19. The molecule has 0 radical (unpaired) electrons. The van der Waals surface area contributed by atoms with Gasteiger partial charge in [0.15, 0.2) is 5.82 Å². The SMILES string of the molecule is Fc1ccc(COCc2nc(C3CCCCN3)no2)cc1. The van der Waals surface area contributed by atoms with Gasteiger partial charge < -0.3 is 14.6 Å². The topological polar surface area (TPSA) is 60.2 Å². The zero-order valence-corrected chi connectivity index (χ0v) is 11.7. The molecule has 1 aliphatic rings. The smallest absolute Gasteiger partial charge is 0.252 e. The average Bonchev–Trinajstić information content (AvgIpc) is 2.99. The Morgan fingerprint density at radius 3 is 2.86 bits per heavy atom. The van der Waals surface area contributed by atoms with Gasteiger partial charge in [0.05, 0.1) is 12.6 Å². The van der Waals surface area contributed by atoms with E-state index in [2.05, 4.69) is 15.5 Å². The molecule has 1 unspecified atom stereocenters. The highest BCUT2D eigenvalue weighted by Gasteiger charge is 2.20. The molecule has 2 heterocycles. The summed E-state index contributed by atoms with van der Waals surface area (Å²) in [7, 11) is 0. The molecular formula is C15H18FN3O2. The molecule has 112 valence electrons. The van der Waals surface area contributed by atoms with Gasteiger partial charge in [-0.1, -0.05) is 23.7 Å². The van der Waals surface area contributed by atoms with Crippen LogP contribution in [0.15, 0.2) is 28.8 Å². The molecule has 21 heavy (non-hydrogen) atoms. The van der Waals surface area contributed by atoms with Crippen LogP contribution in [0.1, 0.15) is 42.6 Å². The highest BCUT2D eigenvalue weighted by atomic mass is 19.1. The van der Waals surface area contributed by atoms with E-state index in [0.717, 1.165) is 18.5 Å². The number of benzene rings is 1. The molecule has 3 rings (SSSR count). The van der Waals surface area contributed by atoms with Crippen molar-refractivity contribution in [2.24, 2.45) is 0 Å². The van der Waals surface area contributed by atoms with Gasteiger partial charge >= 0.3 is 0 Å². The van der Waals surface area contributed by atoms with Crippen LogP contribution in [-0.4, -0.2) is 16.7 Å². The summed E-state index contributed by atoms with van der Waals surface area (Å²) in [5, 5.41) is 7.37. The van der Waals surface area contributed by atoms with Crippen molar-refractivity contribution in [2.75, 3.05) is 6.54 Å². The minimum Gasteiger partial charge on any atom is -0.367 e. The summed E-state index contributed by atoms with van der Waals surface area (Å²) in [6, 6.07) is 6.41. The number of halogens is 1. The second-order valence-corrected chi connectivity index (χ2v) is 5.17. The number of piperidine rings is 1. The lowest BCUT2D eigenvalue weighted by Gasteiger charge is -2.19. The number of nitrogens with zero attached hydrogens (tertiary/aromatic N) is 2. The molecular weight excluding hydrogens is 273 g/mol. The van der Waals surface area contributed by atoms with Crippen molar-refractivity contribution in [2.45, 2.75) is 38.5 Å². The largest absolute Gasteiger partial charge is 0.367 e. The monoisotopic (exact) mass is 291 g/mol. The summed E-state index contributed by atoms with van der Waals surface area (Å²) in [6.45, 7) is 1.65. The summed E-state index contributed by atoms with van der Waals surface area (Å²) in [5.41, 5.74) is 0.907. The Hall–Kier alpha value is -1.79. The van der Waals surface area contributed by atoms with Crippen molar-refractivity contribution in [1.29, 1.82) is 0 Å². The van der Waals surface area contributed by atoms with Crippen LogP contribution in [-0.2, 0) is 18.0 Å². The van der Waals surface area contributed by atoms with E-state index < -0.39 is 0 Å². The van der Waals surface area contributed by atoms with Gasteiger partial charge in [-0.3, -0.25) is 0 Å². The second kappa shape index (κ2) is 6.78. The minimum atomic E-state index is -0.250. The van der Waals surface area contributed by atoms with E-state index in [0.29, 0.717) is 18.3 Å². The number of ether oxygens (including phenoxy) is 1. The first-order valence-electron chi connectivity index (χ1n) is 7.19. The first kappa shape index (κ1) is 14.2. The first-order chi connectivity index (χ1) is 10.3. The number of hydrogen-bond acceptors (Lipinski definition) is 5. The fourth-order valence-corrected chi connectivity index (χ4v) is 2.38. The van der Waals surface area contributed by atoms with E-state index in [1.165, 1.54) is 25.0 Å². The minimum absolute atomic E-state index is 0.188. The summed E-state index contributed by atoms with van der Waals surface area (Å²) in [4.78, 5) is 4.35. The van der Waals surface area contributed by atoms with Gasteiger partial charge in [-0.15, -0.1) is 0 Å². The molecule has 0 aliphatic carbocycles. The van der Waals surface area contributed by atoms with Crippen LogP contribution in [0.3, 0.4) is 0 Å². The molecule has 0 saturated carbocycles. The van der Waals surface area contributed by atoms with Gasteiger partial charge in [-0.05, 0) is 37.1 Å². The predicted octanol–water partition coefficient (Wildman–Crippen LogP) is 2.74. The lowest BCUT2D eigenvalue weighted by atomic mass is 10.0. The normalized spacial score (nSPS) is 18.8. The Morgan fingerprint density at radius 2 is 2.10 bits per heavy atom. The molecule has 1 aliphatic heterocycles. The van der Waals surface area contributed by atoms with Gasteiger partial charge in [0.1, 0.15) is 12.4 Å². The summed E-state index contributed by atoms with van der Waals surface area (Å²) >= 11 is 0. The molecule has 1 aromatic heterocycles. The summed E-state index contributed by atoms with van der Waals surface area (Å²) < 4.78 is 23.5. The lowest BCUT2D eigenvalue weighted by Crippen LogP contribution is -2.27. The molecule has 1 atom stereocenters. The summed E-state index contributed by atoms with van der Waals surface area (Å²) in [6.07, 6.45) is 3.42. The fourth-order valence-electron chi connectivity index (χ4n) is 2.38. The van der Waals surface area contributed by atoms with Crippen molar-refractivity contribution in [1.82, 2.24) is 15.5 Å². The molecule has 1 N–H and O–H groups in total. The number of aromatic nitrogens is 2. The Bertz CT molecular complexity index is 565. The van der Waals surface area contributed by atoms with Crippen molar-refractivity contribution >= 4 is 0 Å². The van der Waals surface area contributed by atoms with E-state index in [1.54, 1.807) is 12.1 Å². The maximum Gasteiger partial charge on any atom is 0.252 e. The average molecular weight is 291 g/mol. The van der Waals surface area contributed by atoms with E-state index in [4.69, 9.17) is 9.26 Å². The van der Waals surface area contributed by atoms with Crippen LogP contribution in [0.5, 0.6) is 0 Å². The number of nitrogens with one attached hydrogen (secondary N) is 1. The van der Waals surface area contributed by atoms with Crippen molar-refractivity contribution < 1.29 is 13.7 Å². The lowest BCUT2D eigenvalue weighted by molar-refractivity contribution is 0.0850. The molecule has 0 amide bonds. The molecule has 1 saturated heterocycles. The van der Waals surface area contributed by atoms with E-state index in [1.807, 2.05) is 0 Å². The van der Waals surface area contributed by atoms with Crippen LogP contribution in [0, 0.1) is 5.82 Å². The molecule has 5 nitrogen and oxygen atoms in total. The maximum absolute atomic E-state index is 12.8. The molecule has 2 aromatic rings. The van der Waals surface area contributed by atoms with Gasteiger partial charge in [-0.25, -0.2) is 4.39 Å². The standard InChI is InChI=1S/C15H18FN3O2/c16-12-6-4-11(5-7-12)9-20-10-14-18-15(19-21-14)13-3-1-2-8-17-13/h4-7,13,17H,1-3,8-10H2. The second-order valence-electron chi connectivity index (χ2n) is 5.17. The van der Waals surface area contributed by atoms with Crippen LogP contribution >= 0.6 is 0 Å². The van der Waals surface area contributed by atoms with Crippen LogP contribution in [0.25, 0.3) is 0 Å². The summed E-state index contributed by atoms with van der Waals surface area (Å²) in [5.74, 6) is 0.926. The molecule has 0 spiro atoms. The zero-order valence-electron chi connectivity index (χ0n) is 11.7. The van der Waals surface area contributed by atoms with Gasteiger partial charge in [0, 0.05) is 0 Å². The third-order valence-electron chi connectivity index (χ3n) is 3.51. The quantitative estimate of drug-likeness (QED) is 0.918. The Kier molecular flexibility index (Phi) is 4.57. The van der Waals surface area contributed by atoms with Gasteiger partial charge in [-0.2, -0.15) is 4.98 Å². The maximum atomic E-state index is 12.8. The predicted molar refractivity (Wildman–Crippen MR) is 73.8 cm³/mol. The highest BCUT2D eigenvalue weighted by molar-refractivity contribution is 5.14. The Morgan fingerprint density at radius 1 is 1.24 bits per heavy atom. The zero-order chi connectivity index (χ0) is 14.5. The molecule has 6 heteroatoms. The van der Waals surface area contributed by atoms with E-state index >= 15 is 0 Å². The van der Waals surface area contributed by atoms with Gasteiger partial charge in [0.25, 0.3) is 5.89 Å². The Balaban J connectivity index is 1.49. The van der Waals surface area contributed by atoms with Crippen molar-refractivity contribution in [3.8, 4) is 0 Å². The third-order valence-corrected chi connectivity index (χ3v) is 3.51. The van der Waals surface area contributed by atoms with Crippen molar-refractivity contribution in [3.63, 3.8) is 0 Å². The van der Waals surface area contributed by atoms with E-state index in [9.17, 15) is 4.39 Å². The van der Waals surface area contributed by atoms with Crippen LogP contribution in [0.4, 0.5) is 4.39 Å². The molecule has 1 aromatic carbocycles. The number of hydrogen-bond donors (Lipinski definition) is 1. The van der Waals surface area contributed by atoms with Gasteiger partial charge in [0.2, 0.25) is 0 Å². The fraction of sp³-hybridized carbons (Fsp3) is 0.467. The number of rotatable bonds is 5. The van der Waals surface area contributed by atoms with Crippen LogP contribution in [0.2, 0.25) is 0 Å². The third kappa shape index (κ3) is 3.86. The highest BCUT2D eigenvalue weighted by Crippen LogP contribution is 2.20.